The van der Waals surface area contributed by atoms with Crippen molar-refractivity contribution in [3.63, 3.8) is 0 Å². The summed E-state index contributed by atoms with van der Waals surface area (Å²) in [6, 6.07) is 6.57. The molecule has 0 saturated heterocycles. The van der Waals surface area contributed by atoms with E-state index in [-0.39, 0.29) is 11.7 Å². The smallest absolute Gasteiger partial charge is 0.226 e. The summed E-state index contributed by atoms with van der Waals surface area (Å²) in [7, 11) is 1.77. The molecular weight excluding hydrogens is 327 g/mol. The molecule has 0 radical (unpaired) electrons. The van der Waals surface area contributed by atoms with E-state index in [1.165, 1.54) is 17.4 Å². The molecule has 0 unspecified atom stereocenters. The van der Waals surface area contributed by atoms with Crippen LogP contribution in [0.1, 0.15) is 19.8 Å². The van der Waals surface area contributed by atoms with E-state index in [1.54, 1.807) is 36.1 Å². The van der Waals surface area contributed by atoms with Crippen LogP contribution in [0, 0.1) is 5.82 Å². The Morgan fingerprint density at radius 2 is 2.12 bits per heavy atom. The number of carbonyl (C=O) groups is 1. The Labute approximate surface area is 143 Å². The van der Waals surface area contributed by atoms with Crippen LogP contribution in [0.15, 0.2) is 35.8 Å². The summed E-state index contributed by atoms with van der Waals surface area (Å²) in [6.45, 7) is 1.95. The van der Waals surface area contributed by atoms with Gasteiger partial charge in [-0.15, -0.1) is 11.3 Å². The van der Waals surface area contributed by atoms with E-state index in [1.807, 2.05) is 12.3 Å². The Morgan fingerprint density at radius 3 is 2.88 bits per heavy atom. The molecule has 0 aliphatic heterocycles. The van der Waals surface area contributed by atoms with Crippen LogP contribution >= 0.6 is 11.3 Å². The number of anilines is 1. The second kappa shape index (κ2) is 6.92. The third kappa shape index (κ3) is 3.21. The molecule has 3 rings (SSSR count). The van der Waals surface area contributed by atoms with Crippen LogP contribution in [-0.2, 0) is 11.8 Å². The van der Waals surface area contributed by atoms with Gasteiger partial charge in [-0.05, 0) is 18.6 Å². The van der Waals surface area contributed by atoms with Crippen molar-refractivity contribution in [2.45, 2.75) is 19.8 Å². The van der Waals surface area contributed by atoms with Gasteiger partial charge in [0.05, 0.1) is 17.6 Å². The van der Waals surface area contributed by atoms with E-state index in [0.717, 1.165) is 12.0 Å². The first-order chi connectivity index (χ1) is 11.6. The fourth-order valence-electron chi connectivity index (χ4n) is 2.46. The van der Waals surface area contributed by atoms with Crippen LogP contribution in [0.2, 0.25) is 0 Å². The summed E-state index contributed by atoms with van der Waals surface area (Å²) in [5, 5.41) is 9.39. The topological polar surface area (TPSA) is 59.8 Å². The van der Waals surface area contributed by atoms with E-state index in [9.17, 15) is 9.18 Å². The van der Waals surface area contributed by atoms with E-state index in [2.05, 4.69) is 15.4 Å². The number of thiazole rings is 1. The van der Waals surface area contributed by atoms with Crippen LogP contribution in [0.4, 0.5) is 9.52 Å². The predicted octanol–water partition coefficient (Wildman–Crippen LogP) is 4.09. The van der Waals surface area contributed by atoms with Crippen molar-refractivity contribution in [2.24, 2.45) is 7.05 Å². The highest BCUT2D eigenvalue weighted by atomic mass is 32.1. The molecule has 1 amide bonds. The third-order valence-corrected chi connectivity index (χ3v) is 4.33. The van der Waals surface area contributed by atoms with Crippen LogP contribution in [0.25, 0.3) is 22.5 Å². The van der Waals surface area contributed by atoms with Gasteiger partial charge in [-0.1, -0.05) is 19.1 Å². The number of halogens is 1. The number of hydrogen-bond donors (Lipinski definition) is 1. The third-order valence-electron chi connectivity index (χ3n) is 3.57. The van der Waals surface area contributed by atoms with Crippen molar-refractivity contribution in [3.05, 3.63) is 41.7 Å². The lowest BCUT2D eigenvalue weighted by atomic mass is 10.1. The highest BCUT2D eigenvalue weighted by Gasteiger charge is 2.18. The zero-order valence-electron chi connectivity index (χ0n) is 13.4. The summed E-state index contributed by atoms with van der Waals surface area (Å²) in [5.41, 5.74) is 2.52. The van der Waals surface area contributed by atoms with Gasteiger partial charge in [0.25, 0.3) is 0 Å². The molecule has 0 atom stereocenters. The minimum Gasteiger partial charge on any atom is -0.302 e. The predicted molar refractivity (Wildman–Crippen MR) is 93.2 cm³/mol. The van der Waals surface area contributed by atoms with Gasteiger partial charge in [0, 0.05) is 30.0 Å². The van der Waals surface area contributed by atoms with Gasteiger partial charge in [0.1, 0.15) is 5.82 Å². The Balaban J connectivity index is 1.96. The van der Waals surface area contributed by atoms with Crippen molar-refractivity contribution in [3.8, 4) is 22.5 Å². The minimum absolute atomic E-state index is 0.0566. The number of hydrogen-bond acceptors (Lipinski definition) is 4. The van der Waals surface area contributed by atoms with Crippen LogP contribution in [0.3, 0.4) is 0 Å². The number of carbonyl (C=O) groups excluding carboxylic acids is 1. The van der Waals surface area contributed by atoms with E-state index < -0.39 is 0 Å². The van der Waals surface area contributed by atoms with Crippen molar-refractivity contribution in [2.75, 3.05) is 5.32 Å². The van der Waals surface area contributed by atoms with E-state index in [4.69, 9.17) is 0 Å². The molecule has 24 heavy (non-hydrogen) atoms. The maximum Gasteiger partial charge on any atom is 0.226 e. The quantitative estimate of drug-likeness (QED) is 0.758. The molecule has 1 aromatic carbocycles. The average Bonchev–Trinajstić information content (AvgIpc) is 3.15. The van der Waals surface area contributed by atoms with Gasteiger partial charge in [-0.3, -0.25) is 9.48 Å². The number of amides is 1. The van der Waals surface area contributed by atoms with E-state index >= 15 is 0 Å². The second-order valence-corrected chi connectivity index (χ2v) is 6.20. The number of nitrogens with zero attached hydrogens (tertiary/aromatic N) is 3. The summed E-state index contributed by atoms with van der Waals surface area (Å²) < 4.78 is 15.8. The van der Waals surface area contributed by atoms with Gasteiger partial charge < -0.3 is 5.32 Å². The molecule has 0 spiro atoms. The second-order valence-electron chi connectivity index (χ2n) is 5.35. The summed E-state index contributed by atoms with van der Waals surface area (Å²) in [6.07, 6.45) is 2.90. The zero-order valence-corrected chi connectivity index (χ0v) is 14.2. The monoisotopic (exact) mass is 344 g/mol. The Bertz CT molecular complexity index is 871. The Kier molecular flexibility index (Phi) is 4.71. The maximum absolute atomic E-state index is 14.2. The average molecular weight is 344 g/mol. The lowest BCUT2D eigenvalue weighted by molar-refractivity contribution is -0.116. The first-order valence-electron chi connectivity index (χ1n) is 7.62. The molecular formula is C17H17FN4OS. The SMILES string of the molecule is CCCC(=O)Nc1nc(-c2cnn(C)c2-c2ccccc2F)cs1. The van der Waals surface area contributed by atoms with Gasteiger partial charge >= 0.3 is 0 Å². The van der Waals surface area contributed by atoms with Gasteiger partial charge in [0.2, 0.25) is 5.91 Å². The fraction of sp³-hybridized carbons (Fsp3) is 0.235. The van der Waals surface area contributed by atoms with Crippen molar-refractivity contribution >= 4 is 22.4 Å². The van der Waals surface area contributed by atoms with Gasteiger partial charge in [-0.25, -0.2) is 9.37 Å². The first kappa shape index (κ1) is 16.3. The highest BCUT2D eigenvalue weighted by molar-refractivity contribution is 7.14. The summed E-state index contributed by atoms with van der Waals surface area (Å²) in [5.74, 6) is -0.368. The molecule has 2 aromatic heterocycles. The Morgan fingerprint density at radius 1 is 1.33 bits per heavy atom. The van der Waals surface area contributed by atoms with Crippen LogP contribution < -0.4 is 5.32 Å². The van der Waals surface area contributed by atoms with Gasteiger partial charge in [0.15, 0.2) is 5.13 Å². The first-order valence-corrected chi connectivity index (χ1v) is 8.50. The molecule has 0 saturated carbocycles. The zero-order chi connectivity index (χ0) is 17.1. The molecule has 2 heterocycles. The molecule has 124 valence electrons. The number of aryl methyl sites for hydroxylation is 1. The molecule has 0 aliphatic rings. The number of nitrogens with one attached hydrogen (secondary N) is 1. The largest absolute Gasteiger partial charge is 0.302 e. The molecule has 0 fully saturated rings. The van der Waals surface area contributed by atoms with Crippen LogP contribution in [0.5, 0.6) is 0 Å². The lowest BCUT2D eigenvalue weighted by Gasteiger charge is -2.06. The normalized spacial score (nSPS) is 10.8. The standard InChI is InChI=1S/C17H17FN4OS/c1-3-6-15(23)21-17-20-14(10-24-17)12-9-19-22(2)16(12)11-7-4-5-8-13(11)18/h4-5,7-10H,3,6H2,1-2H3,(H,20,21,23). The number of benzene rings is 1. The van der Waals surface area contributed by atoms with Crippen LogP contribution in [-0.4, -0.2) is 20.7 Å². The molecule has 5 nitrogen and oxygen atoms in total. The Hall–Kier alpha value is -2.54. The summed E-state index contributed by atoms with van der Waals surface area (Å²) in [4.78, 5) is 16.1. The van der Waals surface area contributed by atoms with Crippen molar-refractivity contribution < 1.29 is 9.18 Å². The minimum atomic E-state index is -0.311. The molecule has 7 heteroatoms. The highest BCUT2D eigenvalue weighted by Crippen LogP contribution is 2.34. The number of aromatic nitrogens is 3. The number of rotatable bonds is 5. The van der Waals surface area contributed by atoms with Crippen molar-refractivity contribution in [1.29, 1.82) is 0 Å². The summed E-state index contributed by atoms with van der Waals surface area (Å²) >= 11 is 1.34. The lowest BCUT2D eigenvalue weighted by Crippen LogP contribution is -2.10. The molecule has 0 bridgehead atoms. The van der Waals surface area contributed by atoms with Gasteiger partial charge in [-0.2, -0.15) is 5.10 Å². The molecule has 1 N–H and O–H groups in total. The maximum atomic E-state index is 14.2. The molecule has 3 aromatic rings. The van der Waals surface area contributed by atoms with Crippen molar-refractivity contribution in [1.82, 2.24) is 14.8 Å². The van der Waals surface area contributed by atoms with E-state index in [0.29, 0.717) is 28.5 Å². The molecule has 0 aliphatic carbocycles. The fourth-order valence-corrected chi connectivity index (χ4v) is 3.19.